The van der Waals surface area contributed by atoms with Crippen molar-refractivity contribution in [2.24, 2.45) is 0 Å². The second-order valence-electron chi connectivity index (χ2n) is 6.57. The number of aromatic nitrogens is 3. The van der Waals surface area contributed by atoms with Crippen molar-refractivity contribution < 1.29 is 0 Å². The van der Waals surface area contributed by atoms with Crippen molar-refractivity contribution in [2.75, 3.05) is 12.3 Å². The van der Waals surface area contributed by atoms with Crippen LogP contribution in [0.1, 0.15) is 23.2 Å². The Labute approximate surface area is 152 Å². The predicted molar refractivity (Wildman–Crippen MR) is 101 cm³/mol. The summed E-state index contributed by atoms with van der Waals surface area (Å²) in [5.41, 5.74) is 12.0. The minimum Gasteiger partial charge on any atom is -0.383 e. The maximum atomic E-state index is 9.60. The maximum Gasteiger partial charge on any atom is 0.142 e. The zero-order chi connectivity index (χ0) is 18.1. The van der Waals surface area contributed by atoms with Gasteiger partial charge in [-0.3, -0.25) is 4.68 Å². The van der Waals surface area contributed by atoms with Crippen LogP contribution in [0.5, 0.6) is 0 Å². The number of hydrogen-bond donors (Lipinski definition) is 2. The van der Waals surface area contributed by atoms with Crippen molar-refractivity contribution in [3.05, 3.63) is 53.2 Å². The second kappa shape index (κ2) is 6.62. The first-order valence-corrected chi connectivity index (χ1v) is 8.71. The molecule has 3 heterocycles. The zero-order valence-corrected chi connectivity index (χ0v) is 14.7. The summed E-state index contributed by atoms with van der Waals surface area (Å²) < 4.78 is 2.01. The SMILES string of the molecule is Cc1cccc(-c2cc(-c3cc4n(n3)CCCNC4)c(C#N)c(N)n2)c1. The van der Waals surface area contributed by atoms with E-state index in [-0.39, 0.29) is 5.82 Å². The number of nitriles is 1. The number of pyridine rings is 1. The highest BCUT2D eigenvalue weighted by atomic mass is 15.3. The fourth-order valence-corrected chi connectivity index (χ4v) is 3.33. The van der Waals surface area contributed by atoms with Crippen LogP contribution < -0.4 is 11.1 Å². The first-order valence-electron chi connectivity index (χ1n) is 8.71. The minimum atomic E-state index is 0.239. The Hall–Kier alpha value is -3.17. The number of rotatable bonds is 2. The Morgan fingerprint density at radius 3 is 2.92 bits per heavy atom. The predicted octanol–water partition coefficient (Wildman–Crippen LogP) is 2.87. The van der Waals surface area contributed by atoms with Crippen LogP contribution in [-0.2, 0) is 13.1 Å². The van der Waals surface area contributed by atoms with E-state index in [4.69, 9.17) is 10.8 Å². The molecule has 0 amide bonds. The van der Waals surface area contributed by atoms with Crippen molar-refractivity contribution in [3.8, 4) is 28.6 Å². The van der Waals surface area contributed by atoms with E-state index in [0.29, 0.717) is 5.56 Å². The van der Waals surface area contributed by atoms with Crippen LogP contribution >= 0.6 is 0 Å². The number of hydrogen-bond acceptors (Lipinski definition) is 5. The molecule has 6 heteroatoms. The van der Waals surface area contributed by atoms with Crippen LogP contribution in [0.25, 0.3) is 22.5 Å². The largest absolute Gasteiger partial charge is 0.383 e. The van der Waals surface area contributed by atoms with Gasteiger partial charge in [0, 0.05) is 24.2 Å². The summed E-state index contributed by atoms with van der Waals surface area (Å²) in [6.45, 7) is 4.68. The molecule has 0 aliphatic carbocycles. The van der Waals surface area contributed by atoms with Gasteiger partial charge in [0.25, 0.3) is 0 Å². The number of benzene rings is 1. The lowest BCUT2D eigenvalue weighted by molar-refractivity contribution is 0.589. The molecule has 130 valence electrons. The molecule has 6 nitrogen and oxygen atoms in total. The Balaban J connectivity index is 1.86. The number of nitrogens with two attached hydrogens (primary N) is 1. The standard InChI is InChI=1S/C20H20N6/c1-13-4-2-5-14(8-13)18-10-16(17(11-21)20(22)24-18)19-9-15-12-23-6-3-7-26(15)25-19/h2,4-5,8-10,23H,3,6-7,12H2,1H3,(H2,22,24). The summed E-state index contributed by atoms with van der Waals surface area (Å²) in [4.78, 5) is 4.45. The summed E-state index contributed by atoms with van der Waals surface area (Å²) >= 11 is 0. The number of nitrogens with one attached hydrogen (secondary N) is 1. The third-order valence-corrected chi connectivity index (χ3v) is 4.64. The lowest BCUT2D eigenvalue weighted by atomic mass is 10.0. The van der Waals surface area contributed by atoms with Gasteiger partial charge in [0.05, 0.1) is 17.1 Å². The van der Waals surface area contributed by atoms with E-state index >= 15 is 0 Å². The Kier molecular flexibility index (Phi) is 4.15. The molecular formula is C20H20N6. The third-order valence-electron chi connectivity index (χ3n) is 4.64. The molecule has 0 radical (unpaired) electrons. The molecule has 0 spiro atoms. The van der Waals surface area contributed by atoms with Gasteiger partial charge >= 0.3 is 0 Å². The lowest BCUT2D eigenvalue weighted by Crippen LogP contribution is -2.11. The minimum absolute atomic E-state index is 0.239. The summed E-state index contributed by atoms with van der Waals surface area (Å²) in [7, 11) is 0. The van der Waals surface area contributed by atoms with Gasteiger partial charge in [0.1, 0.15) is 17.5 Å². The highest BCUT2D eigenvalue weighted by Gasteiger charge is 2.18. The normalized spacial score (nSPS) is 13.7. The smallest absolute Gasteiger partial charge is 0.142 e. The average molecular weight is 344 g/mol. The second-order valence-corrected chi connectivity index (χ2v) is 6.57. The Morgan fingerprint density at radius 1 is 1.23 bits per heavy atom. The number of nitrogen functional groups attached to an aromatic ring is 1. The Morgan fingerprint density at radius 2 is 2.12 bits per heavy atom. The molecule has 0 bridgehead atoms. The topological polar surface area (TPSA) is 92.5 Å². The van der Waals surface area contributed by atoms with E-state index < -0.39 is 0 Å². The first kappa shape index (κ1) is 16.3. The average Bonchev–Trinajstić information content (AvgIpc) is 2.91. The number of aryl methyl sites for hydroxylation is 2. The summed E-state index contributed by atoms with van der Waals surface area (Å²) in [6.07, 6.45) is 1.03. The molecular weight excluding hydrogens is 324 g/mol. The fraction of sp³-hybridized carbons (Fsp3) is 0.250. The van der Waals surface area contributed by atoms with Crippen LogP contribution in [0, 0.1) is 18.3 Å². The Bertz CT molecular complexity index is 988. The molecule has 0 unspecified atom stereocenters. The molecule has 26 heavy (non-hydrogen) atoms. The van der Waals surface area contributed by atoms with Gasteiger partial charge in [-0.15, -0.1) is 0 Å². The van der Waals surface area contributed by atoms with Crippen LogP contribution in [0.4, 0.5) is 5.82 Å². The van der Waals surface area contributed by atoms with Crippen molar-refractivity contribution in [1.82, 2.24) is 20.1 Å². The molecule has 1 aliphatic rings. The highest BCUT2D eigenvalue weighted by Crippen LogP contribution is 2.31. The monoisotopic (exact) mass is 344 g/mol. The van der Waals surface area contributed by atoms with Crippen LogP contribution in [0.2, 0.25) is 0 Å². The van der Waals surface area contributed by atoms with E-state index in [2.05, 4.69) is 22.4 Å². The molecule has 0 saturated carbocycles. The summed E-state index contributed by atoms with van der Waals surface area (Å²) in [5, 5.41) is 17.7. The van der Waals surface area contributed by atoms with Gasteiger partial charge in [-0.2, -0.15) is 10.4 Å². The van der Waals surface area contributed by atoms with Crippen molar-refractivity contribution in [2.45, 2.75) is 26.4 Å². The van der Waals surface area contributed by atoms with Gasteiger partial charge in [0.2, 0.25) is 0 Å². The van der Waals surface area contributed by atoms with Crippen LogP contribution in [0.15, 0.2) is 36.4 Å². The quantitative estimate of drug-likeness (QED) is 0.746. The van der Waals surface area contributed by atoms with E-state index in [9.17, 15) is 5.26 Å². The molecule has 0 saturated heterocycles. The third kappa shape index (κ3) is 2.93. The van der Waals surface area contributed by atoms with Crippen LogP contribution in [-0.4, -0.2) is 21.3 Å². The van der Waals surface area contributed by atoms with Crippen molar-refractivity contribution >= 4 is 5.82 Å². The van der Waals surface area contributed by atoms with Crippen LogP contribution in [0.3, 0.4) is 0 Å². The molecule has 0 fully saturated rings. The number of anilines is 1. The van der Waals surface area contributed by atoms with E-state index in [0.717, 1.165) is 59.8 Å². The van der Waals surface area contributed by atoms with Gasteiger partial charge in [-0.25, -0.2) is 4.98 Å². The van der Waals surface area contributed by atoms with Gasteiger partial charge in [0.15, 0.2) is 0 Å². The molecule has 1 aromatic carbocycles. The van der Waals surface area contributed by atoms with Gasteiger partial charge in [-0.1, -0.05) is 23.8 Å². The summed E-state index contributed by atoms with van der Waals surface area (Å²) in [5.74, 6) is 0.239. The van der Waals surface area contributed by atoms with Gasteiger partial charge < -0.3 is 11.1 Å². The summed E-state index contributed by atoms with van der Waals surface area (Å²) in [6, 6.07) is 14.2. The van der Waals surface area contributed by atoms with E-state index in [1.165, 1.54) is 0 Å². The van der Waals surface area contributed by atoms with Crippen molar-refractivity contribution in [3.63, 3.8) is 0 Å². The fourth-order valence-electron chi connectivity index (χ4n) is 3.33. The first-order chi connectivity index (χ1) is 12.7. The van der Waals surface area contributed by atoms with E-state index in [1.807, 2.05) is 41.9 Å². The maximum absolute atomic E-state index is 9.60. The van der Waals surface area contributed by atoms with E-state index in [1.54, 1.807) is 0 Å². The van der Waals surface area contributed by atoms with Crippen molar-refractivity contribution in [1.29, 1.82) is 5.26 Å². The molecule has 4 rings (SSSR count). The number of nitrogens with zero attached hydrogens (tertiary/aromatic N) is 4. The molecule has 3 aromatic rings. The molecule has 1 aliphatic heterocycles. The lowest BCUT2D eigenvalue weighted by Gasteiger charge is -2.09. The van der Waals surface area contributed by atoms with Gasteiger partial charge in [-0.05, 0) is 38.1 Å². The molecule has 0 atom stereocenters. The molecule has 2 aromatic heterocycles. The molecule has 3 N–H and O–H groups in total. The number of fused-ring (bicyclic) bond motifs is 1. The zero-order valence-electron chi connectivity index (χ0n) is 14.7. The highest BCUT2D eigenvalue weighted by molar-refractivity contribution is 5.78.